The summed E-state index contributed by atoms with van der Waals surface area (Å²) < 4.78 is 26.6. The zero-order valence-electron chi connectivity index (χ0n) is 12.5. The molecule has 9 heteroatoms. The molecule has 0 atom stereocenters. The van der Waals surface area contributed by atoms with Crippen molar-refractivity contribution in [3.8, 4) is 0 Å². The Morgan fingerprint density at radius 1 is 1.39 bits per heavy atom. The lowest BCUT2D eigenvalue weighted by atomic mass is 10.2. The Hall–Kier alpha value is -2.06. The highest BCUT2D eigenvalue weighted by Crippen LogP contribution is 2.23. The van der Waals surface area contributed by atoms with Gasteiger partial charge in [-0.05, 0) is 24.6 Å². The average Bonchev–Trinajstić information content (AvgIpc) is 2.97. The van der Waals surface area contributed by atoms with Crippen LogP contribution in [-0.4, -0.2) is 36.7 Å². The van der Waals surface area contributed by atoms with Crippen molar-refractivity contribution in [1.82, 2.24) is 14.9 Å². The van der Waals surface area contributed by atoms with Crippen molar-refractivity contribution >= 4 is 33.2 Å². The van der Waals surface area contributed by atoms with Gasteiger partial charge in [-0.1, -0.05) is 11.6 Å². The second-order valence-electron chi connectivity index (χ2n) is 4.98. The maximum absolute atomic E-state index is 12.0. The molecule has 1 aromatic carbocycles. The number of carbonyl (C=O) groups excluding carboxylic acids is 1. The number of rotatable bonds is 7. The molecule has 0 aliphatic rings. The maximum atomic E-state index is 12.0. The van der Waals surface area contributed by atoms with E-state index in [1.165, 1.54) is 18.2 Å². The Morgan fingerprint density at radius 2 is 2.17 bits per heavy atom. The number of carbonyl (C=O) groups is 1. The van der Waals surface area contributed by atoms with E-state index in [2.05, 4.69) is 15.0 Å². The van der Waals surface area contributed by atoms with E-state index >= 15 is 0 Å². The molecule has 1 aromatic heterocycles. The minimum Gasteiger partial charge on any atom is -0.352 e. The van der Waals surface area contributed by atoms with Gasteiger partial charge in [-0.15, -0.1) is 0 Å². The van der Waals surface area contributed by atoms with E-state index in [4.69, 9.17) is 11.6 Å². The SMILES string of the molecule is CS(=O)(=O)Nc1ccc(C(=O)NCCCn2ccnc2)cc1Cl. The first-order valence-corrected chi connectivity index (χ1v) is 9.13. The number of amides is 1. The monoisotopic (exact) mass is 356 g/mol. The zero-order chi connectivity index (χ0) is 16.9. The van der Waals surface area contributed by atoms with Crippen LogP contribution in [0.3, 0.4) is 0 Å². The van der Waals surface area contributed by atoms with E-state index in [-0.39, 0.29) is 16.6 Å². The summed E-state index contributed by atoms with van der Waals surface area (Å²) in [6, 6.07) is 4.41. The molecular formula is C14H17ClN4O3S. The van der Waals surface area contributed by atoms with E-state index in [1.54, 1.807) is 12.5 Å². The Morgan fingerprint density at radius 3 is 2.78 bits per heavy atom. The number of aryl methyl sites for hydroxylation is 1. The number of aromatic nitrogens is 2. The van der Waals surface area contributed by atoms with Crippen molar-refractivity contribution in [2.24, 2.45) is 0 Å². The summed E-state index contributed by atoms with van der Waals surface area (Å²) in [6.45, 7) is 1.27. The number of hydrogen-bond donors (Lipinski definition) is 2. The average molecular weight is 357 g/mol. The van der Waals surface area contributed by atoms with Gasteiger partial charge in [-0.25, -0.2) is 13.4 Å². The molecule has 2 rings (SSSR count). The van der Waals surface area contributed by atoms with Gasteiger partial charge in [0.2, 0.25) is 10.0 Å². The first kappa shape index (κ1) is 17.3. The predicted octanol–water partition coefficient (Wildman–Crippen LogP) is 1.73. The van der Waals surface area contributed by atoms with E-state index in [9.17, 15) is 13.2 Å². The molecule has 0 spiro atoms. The van der Waals surface area contributed by atoms with Crippen LogP contribution in [0.25, 0.3) is 0 Å². The first-order chi connectivity index (χ1) is 10.8. The predicted molar refractivity (Wildman–Crippen MR) is 89.1 cm³/mol. The fourth-order valence-corrected chi connectivity index (χ4v) is 2.78. The molecule has 1 heterocycles. The number of imidazole rings is 1. The van der Waals surface area contributed by atoms with Crippen LogP contribution in [0.2, 0.25) is 5.02 Å². The van der Waals surface area contributed by atoms with Crippen molar-refractivity contribution in [1.29, 1.82) is 0 Å². The van der Waals surface area contributed by atoms with Crippen LogP contribution in [0.1, 0.15) is 16.8 Å². The van der Waals surface area contributed by atoms with Crippen LogP contribution in [-0.2, 0) is 16.6 Å². The number of sulfonamides is 1. The highest BCUT2D eigenvalue weighted by molar-refractivity contribution is 7.92. The molecule has 0 fully saturated rings. The van der Waals surface area contributed by atoms with Crippen LogP contribution < -0.4 is 10.0 Å². The fraction of sp³-hybridized carbons (Fsp3) is 0.286. The van der Waals surface area contributed by atoms with Gasteiger partial charge in [-0.3, -0.25) is 9.52 Å². The number of nitrogens with one attached hydrogen (secondary N) is 2. The third-order valence-electron chi connectivity index (χ3n) is 2.96. The highest BCUT2D eigenvalue weighted by Gasteiger charge is 2.10. The van der Waals surface area contributed by atoms with Gasteiger partial charge < -0.3 is 9.88 Å². The zero-order valence-corrected chi connectivity index (χ0v) is 14.1. The smallest absolute Gasteiger partial charge is 0.251 e. The number of halogens is 1. The molecule has 2 aromatic rings. The van der Waals surface area contributed by atoms with E-state index < -0.39 is 10.0 Å². The summed E-state index contributed by atoms with van der Waals surface area (Å²) in [5.74, 6) is -0.261. The van der Waals surface area contributed by atoms with Crippen LogP contribution in [0, 0.1) is 0 Å². The lowest BCUT2D eigenvalue weighted by molar-refractivity contribution is 0.0952. The molecule has 23 heavy (non-hydrogen) atoms. The standard InChI is InChI=1S/C14H17ClN4O3S/c1-23(21,22)18-13-4-3-11(9-12(13)15)14(20)17-5-2-7-19-8-6-16-10-19/h3-4,6,8-10,18H,2,5,7H2,1H3,(H,17,20). The highest BCUT2D eigenvalue weighted by atomic mass is 35.5. The Labute approximate surface area is 139 Å². The minimum atomic E-state index is -3.41. The summed E-state index contributed by atoms with van der Waals surface area (Å²) in [4.78, 5) is 16.0. The topological polar surface area (TPSA) is 93.1 Å². The summed E-state index contributed by atoms with van der Waals surface area (Å²) in [6.07, 6.45) is 7.07. The van der Waals surface area contributed by atoms with Crippen LogP contribution in [0.15, 0.2) is 36.9 Å². The van der Waals surface area contributed by atoms with E-state index in [0.29, 0.717) is 12.1 Å². The molecule has 0 saturated carbocycles. The van der Waals surface area contributed by atoms with E-state index in [0.717, 1.165) is 19.2 Å². The van der Waals surface area contributed by atoms with Gasteiger partial charge in [0.25, 0.3) is 5.91 Å². The summed E-state index contributed by atoms with van der Waals surface area (Å²) in [5, 5.41) is 2.95. The summed E-state index contributed by atoms with van der Waals surface area (Å²) in [7, 11) is -3.41. The number of nitrogens with zero attached hydrogens (tertiary/aromatic N) is 2. The van der Waals surface area contributed by atoms with Gasteiger partial charge >= 0.3 is 0 Å². The van der Waals surface area contributed by atoms with Gasteiger partial charge in [0.1, 0.15) is 0 Å². The van der Waals surface area contributed by atoms with Crippen LogP contribution >= 0.6 is 11.6 Å². The maximum Gasteiger partial charge on any atom is 0.251 e. The van der Waals surface area contributed by atoms with Gasteiger partial charge in [0, 0.05) is 31.0 Å². The normalized spacial score (nSPS) is 11.2. The number of hydrogen-bond acceptors (Lipinski definition) is 4. The molecule has 0 bridgehead atoms. The second kappa shape index (κ2) is 7.47. The van der Waals surface area contributed by atoms with Crippen molar-refractivity contribution < 1.29 is 13.2 Å². The second-order valence-corrected chi connectivity index (χ2v) is 7.13. The molecule has 0 saturated heterocycles. The minimum absolute atomic E-state index is 0.168. The molecule has 0 aliphatic heterocycles. The van der Waals surface area contributed by atoms with Crippen molar-refractivity contribution in [2.45, 2.75) is 13.0 Å². The fourth-order valence-electron chi connectivity index (χ4n) is 1.92. The van der Waals surface area contributed by atoms with E-state index in [1.807, 2.05) is 10.8 Å². The summed E-state index contributed by atoms with van der Waals surface area (Å²) in [5.41, 5.74) is 0.613. The molecule has 0 radical (unpaired) electrons. The lowest BCUT2D eigenvalue weighted by Gasteiger charge is -2.09. The Bertz CT molecular complexity index is 775. The number of benzene rings is 1. The van der Waals surface area contributed by atoms with Crippen molar-refractivity contribution in [2.75, 3.05) is 17.5 Å². The van der Waals surface area contributed by atoms with Crippen LogP contribution in [0.5, 0.6) is 0 Å². The molecule has 0 aliphatic carbocycles. The van der Waals surface area contributed by atoms with Gasteiger partial charge in [-0.2, -0.15) is 0 Å². The quantitative estimate of drug-likeness (QED) is 0.739. The molecule has 2 N–H and O–H groups in total. The third kappa shape index (κ3) is 5.57. The third-order valence-corrected chi connectivity index (χ3v) is 3.87. The molecular weight excluding hydrogens is 340 g/mol. The molecule has 7 nitrogen and oxygen atoms in total. The Balaban J connectivity index is 1.88. The molecule has 124 valence electrons. The molecule has 1 amide bonds. The van der Waals surface area contributed by atoms with Crippen molar-refractivity contribution in [3.63, 3.8) is 0 Å². The number of anilines is 1. The van der Waals surface area contributed by atoms with Gasteiger partial charge in [0.15, 0.2) is 0 Å². The molecule has 0 unspecified atom stereocenters. The Kier molecular flexibility index (Phi) is 5.62. The first-order valence-electron chi connectivity index (χ1n) is 6.86. The van der Waals surface area contributed by atoms with Crippen molar-refractivity contribution in [3.05, 3.63) is 47.5 Å². The lowest BCUT2D eigenvalue weighted by Crippen LogP contribution is -2.25. The van der Waals surface area contributed by atoms with Crippen LogP contribution in [0.4, 0.5) is 5.69 Å². The van der Waals surface area contributed by atoms with Gasteiger partial charge in [0.05, 0.1) is 23.3 Å². The largest absolute Gasteiger partial charge is 0.352 e. The summed E-state index contributed by atoms with van der Waals surface area (Å²) >= 11 is 5.99.